The first-order valence-corrected chi connectivity index (χ1v) is 11.7. The van der Waals surface area contributed by atoms with Crippen molar-refractivity contribution in [1.29, 1.82) is 0 Å². The summed E-state index contributed by atoms with van der Waals surface area (Å²) >= 11 is 0. The van der Waals surface area contributed by atoms with Crippen LogP contribution in [0.1, 0.15) is 30.4 Å². The van der Waals surface area contributed by atoms with Crippen LogP contribution in [0.15, 0.2) is 53.7 Å². The molecule has 1 aliphatic heterocycles. The van der Waals surface area contributed by atoms with Crippen LogP contribution in [-0.2, 0) is 28.1 Å². The third-order valence-electron chi connectivity index (χ3n) is 5.94. The van der Waals surface area contributed by atoms with Gasteiger partial charge in [0.15, 0.2) is 12.5 Å². The molecule has 0 spiro atoms. The van der Waals surface area contributed by atoms with Crippen LogP contribution in [-0.4, -0.2) is 53.7 Å². The number of amides is 2. The Labute approximate surface area is 203 Å². The van der Waals surface area contributed by atoms with Gasteiger partial charge in [-0.1, -0.05) is 23.4 Å². The number of rotatable bonds is 9. The van der Waals surface area contributed by atoms with Crippen LogP contribution in [0.4, 0.5) is 4.39 Å². The van der Waals surface area contributed by atoms with Gasteiger partial charge in [0.1, 0.15) is 12.4 Å². The molecule has 0 radical (unpaired) electrons. The Balaban J connectivity index is 1.27. The third-order valence-corrected chi connectivity index (χ3v) is 5.94. The van der Waals surface area contributed by atoms with Crippen molar-refractivity contribution < 1.29 is 23.6 Å². The maximum absolute atomic E-state index is 13.0. The smallest absolute Gasteiger partial charge is 0.258 e. The highest BCUT2D eigenvalue weighted by Gasteiger charge is 2.17. The molecule has 0 unspecified atom stereocenters. The minimum absolute atomic E-state index is 0.0107. The Morgan fingerprint density at radius 3 is 2.63 bits per heavy atom. The normalized spacial score (nSPS) is 13.8. The van der Waals surface area contributed by atoms with E-state index in [-0.39, 0.29) is 37.4 Å². The van der Waals surface area contributed by atoms with Gasteiger partial charge < -0.3 is 24.4 Å². The molecule has 2 aromatic carbocycles. The van der Waals surface area contributed by atoms with E-state index >= 15 is 0 Å². The fourth-order valence-electron chi connectivity index (χ4n) is 3.97. The molecule has 1 aromatic heterocycles. The van der Waals surface area contributed by atoms with Crippen LogP contribution in [0.3, 0.4) is 0 Å². The quantitative estimate of drug-likeness (QED) is 0.376. The maximum atomic E-state index is 13.0. The molecule has 1 aliphatic rings. The second-order valence-electron chi connectivity index (χ2n) is 8.50. The van der Waals surface area contributed by atoms with Crippen molar-refractivity contribution in [2.24, 2.45) is 12.2 Å². The number of hydrogen-bond acceptors (Lipinski definition) is 5. The number of oxime groups is 1. The third kappa shape index (κ3) is 6.59. The van der Waals surface area contributed by atoms with E-state index in [0.717, 1.165) is 54.4 Å². The van der Waals surface area contributed by atoms with Gasteiger partial charge in [0.2, 0.25) is 5.91 Å². The molecule has 2 heterocycles. The summed E-state index contributed by atoms with van der Waals surface area (Å²) in [6.07, 6.45) is 4.78. The monoisotopic (exact) mass is 480 g/mol. The predicted molar refractivity (Wildman–Crippen MR) is 131 cm³/mol. The SMILES string of the molecule is Cn1c(OCC(=O)NCC(=O)N2CCCCC2)cc2cc(C=NOCc3ccc(F)cc3)ccc21. The molecule has 184 valence electrons. The van der Waals surface area contributed by atoms with Crippen LogP contribution in [0.2, 0.25) is 0 Å². The summed E-state index contributed by atoms with van der Waals surface area (Å²) in [6.45, 7) is 1.57. The van der Waals surface area contributed by atoms with Crippen molar-refractivity contribution in [3.63, 3.8) is 0 Å². The summed E-state index contributed by atoms with van der Waals surface area (Å²) in [6, 6.07) is 13.7. The molecule has 3 aromatic rings. The number of carbonyl (C=O) groups is 2. The zero-order chi connectivity index (χ0) is 24.6. The molecule has 0 aliphatic carbocycles. The van der Waals surface area contributed by atoms with Gasteiger partial charge in [0.05, 0.1) is 18.3 Å². The summed E-state index contributed by atoms with van der Waals surface area (Å²) in [5.41, 5.74) is 2.59. The average Bonchev–Trinajstić information content (AvgIpc) is 3.20. The number of ether oxygens (including phenoxy) is 1. The number of carbonyl (C=O) groups excluding carboxylic acids is 2. The number of nitrogens with zero attached hydrogens (tertiary/aromatic N) is 3. The zero-order valence-electron chi connectivity index (χ0n) is 19.7. The Kier molecular flexibility index (Phi) is 7.97. The number of benzene rings is 2. The maximum Gasteiger partial charge on any atom is 0.258 e. The first kappa shape index (κ1) is 24.3. The first-order chi connectivity index (χ1) is 17.0. The lowest BCUT2D eigenvalue weighted by molar-refractivity contribution is -0.134. The molecule has 2 amide bonds. The summed E-state index contributed by atoms with van der Waals surface area (Å²) < 4.78 is 20.5. The summed E-state index contributed by atoms with van der Waals surface area (Å²) in [5.74, 6) is -0.148. The Hall–Kier alpha value is -3.88. The van der Waals surface area contributed by atoms with E-state index in [9.17, 15) is 14.0 Å². The fraction of sp³-hybridized carbons (Fsp3) is 0.346. The number of aromatic nitrogens is 1. The average molecular weight is 481 g/mol. The van der Waals surface area contributed by atoms with E-state index in [1.165, 1.54) is 12.1 Å². The summed E-state index contributed by atoms with van der Waals surface area (Å²) in [7, 11) is 1.86. The van der Waals surface area contributed by atoms with E-state index in [2.05, 4.69) is 10.5 Å². The molecule has 8 nitrogen and oxygen atoms in total. The Bertz CT molecular complexity index is 1200. The van der Waals surface area contributed by atoms with E-state index in [1.54, 1.807) is 23.2 Å². The van der Waals surface area contributed by atoms with Crippen LogP contribution in [0.25, 0.3) is 10.9 Å². The molecule has 0 atom stereocenters. The van der Waals surface area contributed by atoms with Crippen molar-refractivity contribution in [2.75, 3.05) is 26.2 Å². The number of fused-ring (bicyclic) bond motifs is 1. The van der Waals surface area contributed by atoms with E-state index < -0.39 is 0 Å². The Morgan fingerprint density at radius 1 is 1.09 bits per heavy atom. The number of piperidine rings is 1. The molecular weight excluding hydrogens is 451 g/mol. The standard InChI is InChI=1S/C26H29FN4O4/c1-30-23-10-7-20(15-29-35-17-19-5-8-22(27)9-6-19)13-21(23)14-26(30)34-18-24(32)28-16-25(33)31-11-3-2-4-12-31/h5-10,13-15H,2-4,11-12,16-18H2,1H3,(H,28,32). The van der Waals surface area contributed by atoms with Crippen molar-refractivity contribution in [1.82, 2.24) is 14.8 Å². The first-order valence-electron chi connectivity index (χ1n) is 11.7. The molecule has 9 heteroatoms. The minimum atomic E-state index is -0.341. The number of aryl methyl sites for hydroxylation is 1. The van der Waals surface area contributed by atoms with E-state index in [0.29, 0.717) is 5.88 Å². The molecule has 35 heavy (non-hydrogen) atoms. The Morgan fingerprint density at radius 2 is 1.86 bits per heavy atom. The van der Waals surface area contributed by atoms with Crippen molar-refractivity contribution >= 4 is 28.9 Å². The highest BCUT2D eigenvalue weighted by Crippen LogP contribution is 2.25. The topological polar surface area (TPSA) is 85.2 Å². The van der Waals surface area contributed by atoms with Crippen LogP contribution >= 0.6 is 0 Å². The van der Waals surface area contributed by atoms with Gasteiger partial charge in [-0.2, -0.15) is 0 Å². The molecule has 1 fully saturated rings. The summed E-state index contributed by atoms with van der Waals surface area (Å²) in [4.78, 5) is 31.5. The second kappa shape index (κ2) is 11.5. The molecule has 1 saturated heterocycles. The van der Waals surface area contributed by atoms with Gasteiger partial charge in [-0.15, -0.1) is 0 Å². The lowest BCUT2D eigenvalue weighted by Crippen LogP contribution is -2.43. The van der Waals surface area contributed by atoms with E-state index in [4.69, 9.17) is 9.57 Å². The van der Waals surface area contributed by atoms with Gasteiger partial charge >= 0.3 is 0 Å². The largest absolute Gasteiger partial charge is 0.469 e. The van der Waals surface area contributed by atoms with Crippen molar-refractivity contribution in [3.05, 3.63) is 65.5 Å². The van der Waals surface area contributed by atoms with Crippen LogP contribution in [0, 0.1) is 5.82 Å². The number of halogens is 1. The molecule has 4 rings (SSSR count). The molecular formula is C26H29FN4O4. The highest BCUT2D eigenvalue weighted by atomic mass is 19.1. The van der Waals surface area contributed by atoms with Gasteiger partial charge in [-0.25, -0.2) is 4.39 Å². The van der Waals surface area contributed by atoms with Crippen LogP contribution < -0.4 is 10.1 Å². The lowest BCUT2D eigenvalue weighted by Gasteiger charge is -2.26. The minimum Gasteiger partial charge on any atom is -0.469 e. The molecule has 0 saturated carbocycles. The predicted octanol–water partition coefficient (Wildman–Crippen LogP) is 3.38. The van der Waals surface area contributed by atoms with Crippen molar-refractivity contribution in [2.45, 2.75) is 25.9 Å². The highest BCUT2D eigenvalue weighted by molar-refractivity contribution is 5.90. The van der Waals surface area contributed by atoms with Crippen molar-refractivity contribution in [3.8, 4) is 5.88 Å². The fourth-order valence-corrected chi connectivity index (χ4v) is 3.97. The van der Waals surface area contributed by atoms with Gasteiger partial charge in [0.25, 0.3) is 5.91 Å². The van der Waals surface area contributed by atoms with Crippen LogP contribution in [0.5, 0.6) is 5.88 Å². The molecule has 0 bridgehead atoms. The van der Waals surface area contributed by atoms with Gasteiger partial charge in [-0.3, -0.25) is 9.59 Å². The number of hydrogen-bond donors (Lipinski definition) is 1. The van der Waals surface area contributed by atoms with E-state index in [1.807, 2.05) is 35.9 Å². The second-order valence-corrected chi connectivity index (χ2v) is 8.50. The number of nitrogens with one attached hydrogen (secondary N) is 1. The summed E-state index contributed by atoms with van der Waals surface area (Å²) in [5, 5.41) is 7.55. The molecule has 1 N–H and O–H groups in total. The van der Waals surface area contributed by atoms with Gasteiger partial charge in [0, 0.05) is 31.6 Å². The number of likely N-dealkylation sites (tertiary alicyclic amines) is 1. The lowest BCUT2D eigenvalue weighted by atomic mass is 10.1. The van der Waals surface area contributed by atoms with Gasteiger partial charge in [-0.05, 0) is 54.7 Å². The zero-order valence-corrected chi connectivity index (χ0v) is 19.7.